The molecule has 7 heteroatoms. The van der Waals surface area contributed by atoms with E-state index < -0.39 is 5.97 Å². The molecule has 2 aromatic heterocycles. The van der Waals surface area contributed by atoms with E-state index in [-0.39, 0.29) is 17.2 Å². The molecule has 2 N–H and O–H groups in total. The molecule has 2 heterocycles. The Morgan fingerprint density at radius 2 is 2.00 bits per heavy atom. The predicted octanol–water partition coefficient (Wildman–Crippen LogP) is 1.02. The van der Waals surface area contributed by atoms with Crippen molar-refractivity contribution < 1.29 is 9.90 Å². The molecule has 0 radical (unpaired) electrons. The molecular formula is C14H12N4O3. The highest BCUT2D eigenvalue weighted by Gasteiger charge is 2.16. The van der Waals surface area contributed by atoms with E-state index in [0.717, 1.165) is 10.1 Å². The fourth-order valence-corrected chi connectivity index (χ4v) is 2.15. The standard InChI is InChI=1S/C14H12N4O3/c1-8-10(7-9-5-3-2-4-6-9)12(19)18-14(15-8)16-11(17-18)13(20)21/h2-6H,7H2,1H3,(H,20,21)(H,15,16,17). The molecule has 7 nitrogen and oxygen atoms in total. The topological polar surface area (TPSA) is 100 Å². The molecule has 3 rings (SSSR count). The van der Waals surface area contributed by atoms with E-state index >= 15 is 0 Å². The van der Waals surface area contributed by atoms with Gasteiger partial charge in [-0.15, -0.1) is 0 Å². The van der Waals surface area contributed by atoms with Crippen molar-refractivity contribution in [3.8, 4) is 0 Å². The monoisotopic (exact) mass is 284 g/mol. The first-order valence-electron chi connectivity index (χ1n) is 6.31. The molecule has 0 bridgehead atoms. The third kappa shape index (κ3) is 2.29. The van der Waals surface area contributed by atoms with Crippen molar-refractivity contribution in [1.82, 2.24) is 19.6 Å². The second-order valence-corrected chi connectivity index (χ2v) is 4.66. The molecule has 0 saturated carbocycles. The highest BCUT2D eigenvalue weighted by molar-refractivity contribution is 5.83. The van der Waals surface area contributed by atoms with Gasteiger partial charge < -0.3 is 5.11 Å². The number of hydrogen-bond acceptors (Lipinski definition) is 4. The molecule has 0 fully saturated rings. The number of aryl methyl sites for hydroxylation is 1. The first-order chi connectivity index (χ1) is 10.1. The largest absolute Gasteiger partial charge is 0.475 e. The van der Waals surface area contributed by atoms with Crippen LogP contribution in [-0.2, 0) is 6.42 Å². The number of H-pyrrole nitrogens is 1. The van der Waals surface area contributed by atoms with Crippen LogP contribution in [0, 0.1) is 6.92 Å². The Hall–Kier alpha value is -2.96. The Labute approximate surface area is 118 Å². The summed E-state index contributed by atoms with van der Waals surface area (Å²) >= 11 is 0. The van der Waals surface area contributed by atoms with Gasteiger partial charge in [-0.1, -0.05) is 30.3 Å². The minimum atomic E-state index is -1.23. The van der Waals surface area contributed by atoms with E-state index in [2.05, 4.69) is 15.1 Å². The number of benzene rings is 1. The van der Waals surface area contributed by atoms with Crippen molar-refractivity contribution in [2.75, 3.05) is 0 Å². The number of aromatic amines is 1. The van der Waals surface area contributed by atoms with Crippen LogP contribution >= 0.6 is 0 Å². The molecule has 1 aromatic carbocycles. The van der Waals surface area contributed by atoms with Gasteiger partial charge in [-0.2, -0.15) is 9.50 Å². The number of rotatable bonds is 3. The summed E-state index contributed by atoms with van der Waals surface area (Å²) in [5.74, 6) is -1.48. The van der Waals surface area contributed by atoms with Crippen LogP contribution in [0.25, 0.3) is 5.78 Å². The first kappa shape index (κ1) is 13.0. The maximum absolute atomic E-state index is 12.4. The van der Waals surface area contributed by atoms with Crippen LogP contribution in [0.5, 0.6) is 0 Å². The number of nitrogens with zero attached hydrogens (tertiary/aromatic N) is 3. The quantitative estimate of drug-likeness (QED) is 0.747. The normalized spacial score (nSPS) is 10.9. The summed E-state index contributed by atoms with van der Waals surface area (Å²) in [6.45, 7) is 1.72. The SMILES string of the molecule is Cc1nc2nc(C(=O)O)[nH]n2c(=O)c1Cc1ccccc1. The Balaban J connectivity index is 2.15. The maximum atomic E-state index is 12.4. The van der Waals surface area contributed by atoms with E-state index in [1.807, 2.05) is 30.3 Å². The summed E-state index contributed by atoms with van der Waals surface area (Å²) in [5.41, 5.74) is 1.71. The fourth-order valence-electron chi connectivity index (χ4n) is 2.15. The van der Waals surface area contributed by atoms with E-state index in [9.17, 15) is 9.59 Å². The molecule has 0 atom stereocenters. The van der Waals surface area contributed by atoms with Gasteiger partial charge >= 0.3 is 5.97 Å². The summed E-state index contributed by atoms with van der Waals surface area (Å²) in [6.07, 6.45) is 0.433. The molecule has 0 saturated heterocycles. The average Bonchev–Trinajstić information content (AvgIpc) is 2.89. The van der Waals surface area contributed by atoms with Gasteiger partial charge in [-0.25, -0.2) is 9.78 Å². The molecule has 0 aliphatic rings. The van der Waals surface area contributed by atoms with Gasteiger partial charge in [-0.3, -0.25) is 9.89 Å². The lowest BCUT2D eigenvalue weighted by molar-refractivity contribution is 0.0684. The molecule has 0 spiro atoms. The van der Waals surface area contributed by atoms with Crippen molar-refractivity contribution in [1.29, 1.82) is 0 Å². The molecule has 106 valence electrons. The molecular weight excluding hydrogens is 272 g/mol. The second kappa shape index (κ2) is 4.86. The third-order valence-electron chi connectivity index (χ3n) is 3.22. The number of aromatic carboxylic acids is 1. The lowest BCUT2D eigenvalue weighted by atomic mass is 10.1. The number of hydrogen-bond donors (Lipinski definition) is 2. The van der Waals surface area contributed by atoms with E-state index in [1.165, 1.54) is 0 Å². The van der Waals surface area contributed by atoms with E-state index in [1.54, 1.807) is 6.92 Å². The van der Waals surface area contributed by atoms with Crippen LogP contribution < -0.4 is 5.56 Å². The van der Waals surface area contributed by atoms with Gasteiger partial charge in [0, 0.05) is 12.0 Å². The zero-order valence-electron chi connectivity index (χ0n) is 11.2. The third-order valence-corrected chi connectivity index (χ3v) is 3.22. The minimum absolute atomic E-state index is 0.0618. The van der Waals surface area contributed by atoms with Gasteiger partial charge in [0.25, 0.3) is 11.3 Å². The van der Waals surface area contributed by atoms with E-state index in [0.29, 0.717) is 17.7 Å². The summed E-state index contributed by atoms with van der Waals surface area (Å²) in [4.78, 5) is 31.3. The van der Waals surface area contributed by atoms with Crippen LogP contribution in [0.4, 0.5) is 0 Å². The summed E-state index contributed by atoms with van der Waals surface area (Å²) in [5, 5.41) is 11.4. The van der Waals surface area contributed by atoms with Crippen molar-refractivity contribution in [2.45, 2.75) is 13.3 Å². The van der Waals surface area contributed by atoms with E-state index in [4.69, 9.17) is 5.11 Å². The second-order valence-electron chi connectivity index (χ2n) is 4.66. The van der Waals surface area contributed by atoms with Crippen LogP contribution in [0.15, 0.2) is 35.1 Å². The number of carboxylic acids is 1. The highest BCUT2D eigenvalue weighted by Crippen LogP contribution is 2.09. The number of carbonyl (C=O) groups is 1. The Morgan fingerprint density at radius 3 is 2.67 bits per heavy atom. The predicted molar refractivity (Wildman–Crippen MR) is 74.6 cm³/mol. The number of fused-ring (bicyclic) bond motifs is 1. The number of aromatic nitrogens is 4. The lowest BCUT2D eigenvalue weighted by Gasteiger charge is -2.04. The Morgan fingerprint density at radius 1 is 1.29 bits per heavy atom. The smallest absolute Gasteiger partial charge is 0.373 e. The van der Waals surface area contributed by atoms with Crippen LogP contribution in [0.2, 0.25) is 0 Å². The zero-order valence-corrected chi connectivity index (χ0v) is 11.2. The van der Waals surface area contributed by atoms with Crippen LogP contribution in [0.1, 0.15) is 27.4 Å². The van der Waals surface area contributed by atoms with Crippen molar-refractivity contribution >= 4 is 11.7 Å². The zero-order chi connectivity index (χ0) is 15.0. The van der Waals surface area contributed by atoms with Crippen molar-refractivity contribution in [2.24, 2.45) is 0 Å². The van der Waals surface area contributed by atoms with Crippen LogP contribution in [-0.4, -0.2) is 30.7 Å². The highest BCUT2D eigenvalue weighted by atomic mass is 16.4. The summed E-state index contributed by atoms with van der Waals surface area (Å²) in [6, 6.07) is 9.53. The Bertz CT molecular complexity index is 880. The lowest BCUT2D eigenvalue weighted by Crippen LogP contribution is -2.22. The number of carboxylic acid groups (broad SMARTS) is 1. The molecule has 0 unspecified atom stereocenters. The van der Waals surface area contributed by atoms with Gasteiger partial charge in [-0.05, 0) is 12.5 Å². The number of nitrogens with one attached hydrogen (secondary N) is 1. The molecule has 0 aliphatic carbocycles. The average molecular weight is 284 g/mol. The molecule has 21 heavy (non-hydrogen) atoms. The summed E-state index contributed by atoms with van der Waals surface area (Å²) in [7, 11) is 0. The fraction of sp³-hybridized carbons (Fsp3) is 0.143. The van der Waals surface area contributed by atoms with Crippen LogP contribution in [0.3, 0.4) is 0 Å². The van der Waals surface area contributed by atoms with Gasteiger partial charge in [0.05, 0.1) is 5.69 Å². The Kier molecular flexibility index (Phi) is 3.02. The molecule has 0 aliphatic heterocycles. The maximum Gasteiger partial charge on any atom is 0.373 e. The minimum Gasteiger partial charge on any atom is -0.475 e. The van der Waals surface area contributed by atoms with Crippen molar-refractivity contribution in [3.05, 3.63) is 63.3 Å². The summed E-state index contributed by atoms with van der Waals surface area (Å²) < 4.78 is 1.06. The molecule has 3 aromatic rings. The first-order valence-corrected chi connectivity index (χ1v) is 6.31. The van der Waals surface area contributed by atoms with Gasteiger partial charge in [0.1, 0.15) is 0 Å². The van der Waals surface area contributed by atoms with Gasteiger partial charge in [0.15, 0.2) is 0 Å². The van der Waals surface area contributed by atoms with Crippen molar-refractivity contribution in [3.63, 3.8) is 0 Å². The van der Waals surface area contributed by atoms with Gasteiger partial charge in [0.2, 0.25) is 5.82 Å². The molecule has 0 amide bonds.